The summed E-state index contributed by atoms with van der Waals surface area (Å²) in [4.78, 5) is 16.6. The van der Waals surface area contributed by atoms with Gasteiger partial charge in [-0.15, -0.1) is 11.3 Å². The van der Waals surface area contributed by atoms with Crippen LogP contribution in [0.4, 0.5) is 16.4 Å². The maximum Gasteiger partial charge on any atom is 0.192 e. The summed E-state index contributed by atoms with van der Waals surface area (Å²) in [5.74, 6) is -0.0985. The first-order valence-electron chi connectivity index (χ1n) is 12.5. The Labute approximate surface area is 219 Å². The predicted molar refractivity (Wildman–Crippen MR) is 152 cm³/mol. The van der Waals surface area contributed by atoms with E-state index in [0.29, 0.717) is 16.7 Å². The van der Waals surface area contributed by atoms with E-state index >= 15 is 0 Å². The van der Waals surface area contributed by atoms with Crippen molar-refractivity contribution < 1.29 is 9.90 Å². The minimum atomic E-state index is -0.921. The van der Waals surface area contributed by atoms with Crippen LogP contribution in [0.3, 0.4) is 0 Å². The van der Waals surface area contributed by atoms with E-state index in [1.54, 1.807) is 11.3 Å². The highest BCUT2D eigenvalue weighted by molar-refractivity contribution is 7.17. The topological polar surface area (TPSA) is 40.5 Å². The van der Waals surface area contributed by atoms with Crippen molar-refractivity contribution in [1.29, 1.82) is 0 Å². The number of benzene rings is 4. The van der Waals surface area contributed by atoms with Crippen molar-refractivity contribution in [3.05, 3.63) is 130 Å². The third-order valence-corrected chi connectivity index (χ3v) is 8.80. The highest BCUT2D eigenvalue weighted by atomic mass is 32.1. The van der Waals surface area contributed by atoms with Gasteiger partial charge in [0, 0.05) is 21.4 Å². The monoisotopic (exact) mass is 499 g/mol. The molecule has 0 saturated heterocycles. The van der Waals surface area contributed by atoms with Crippen LogP contribution in [0.25, 0.3) is 16.8 Å². The van der Waals surface area contributed by atoms with Crippen molar-refractivity contribution in [2.24, 2.45) is 0 Å². The molecule has 5 aromatic rings. The van der Waals surface area contributed by atoms with Gasteiger partial charge in [-0.25, -0.2) is 0 Å². The van der Waals surface area contributed by atoms with Gasteiger partial charge in [-0.05, 0) is 69.9 Å². The SMILES string of the molecule is CC1(C)c2ccccc2N(c2ccc(/C=C3\C(=O)c4cc5ccccc5cc4C3O)s2)c2ccccc21. The van der Waals surface area contributed by atoms with E-state index < -0.39 is 6.10 Å². The molecule has 1 atom stereocenters. The van der Waals surface area contributed by atoms with Gasteiger partial charge >= 0.3 is 0 Å². The van der Waals surface area contributed by atoms with Gasteiger partial charge < -0.3 is 10.0 Å². The summed E-state index contributed by atoms with van der Waals surface area (Å²) in [5, 5.41) is 14.2. The lowest BCUT2D eigenvalue weighted by Crippen LogP contribution is -2.30. The van der Waals surface area contributed by atoms with Crippen molar-refractivity contribution in [2.45, 2.75) is 25.4 Å². The number of nitrogens with zero attached hydrogens (tertiary/aromatic N) is 1. The highest BCUT2D eigenvalue weighted by Gasteiger charge is 2.37. The average molecular weight is 500 g/mol. The third kappa shape index (κ3) is 3.26. The molecule has 4 aromatic carbocycles. The van der Waals surface area contributed by atoms with E-state index in [1.165, 1.54) is 22.5 Å². The zero-order valence-electron chi connectivity index (χ0n) is 20.6. The molecule has 1 N–H and O–H groups in total. The number of carbonyl (C=O) groups excluding carboxylic acids is 1. The molecule has 0 spiro atoms. The van der Waals surface area contributed by atoms with Crippen molar-refractivity contribution in [3.8, 4) is 0 Å². The fraction of sp³-hybridized carbons (Fsp3) is 0.121. The molecule has 0 amide bonds. The number of aliphatic hydroxyl groups is 1. The Hall–Kier alpha value is -3.99. The average Bonchev–Trinajstić information content (AvgIpc) is 3.46. The summed E-state index contributed by atoms with van der Waals surface area (Å²) >= 11 is 1.63. The van der Waals surface area contributed by atoms with Gasteiger partial charge in [-0.2, -0.15) is 0 Å². The van der Waals surface area contributed by atoms with Gasteiger partial charge in [0.05, 0.1) is 11.4 Å². The fourth-order valence-corrected chi connectivity index (χ4v) is 6.86. The van der Waals surface area contributed by atoms with E-state index in [4.69, 9.17) is 0 Å². The summed E-state index contributed by atoms with van der Waals surface area (Å²) in [6.07, 6.45) is 0.937. The second kappa shape index (κ2) is 8.01. The van der Waals surface area contributed by atoms with Crippen molar-refractivity contribution in [3.63, 3.8) is 0 Å². The number of rotatable bonds is 2. The molecule has 2 aliphatic rings. The van der Waals surface area contributed by atoms with Crippen molar-refractivity contribution in [1.82, 2.24) is 0 Å². The molecule has 1 aromatic heterocycles. The molecular formula is C33H25NO2S. The maximum absolute atomic E-state index is 13.3. The maximum atomic E-state index is 13.3. The normalized spacial score (nSPS) is 18.7. The first kappa shape index (κ1) is 22.2. The molecule has 0 saturated carbocycles. The van der Waals surface area contributed by atoms with Crippen LogP contribution < -0.4 is 4.90 Å². The molecule has 2 heterocycles. The predicted octanol–water partition coefficient (Wildman–Crippen LogP) is 8.32. The summed E-state index contributed by atoms with van der Waals surface area (Å²) in [5.41, 5.74) is 6.51. The lowest BCUT2D eigenvalue weighted by Gasteiger charge is -2.41. The quantitative estimate of drug-likeness (QED) is 0.248. The molecule has 3 nitrogen and oxygen atoms in total. The van der Waals surface area contributed by atoms with Crippen LogP contribution in [-0.2, 0) is 5.41 Å². The number of para-hydroxylation sites is 2. The first-order valence-corrected chi connectivity index (χ1v) is 13.3. The summed E-state index contributed by atoms with van der Waals surface area (Å²) < 4.78 is 0. The van der Waals surface area contributed by atoms with Crippen LogP contribution in [0.2, 0.25) is 0 Å². The lowest BCUT2D eigenvalue weighted by molar-refractivity contribution is 0.102. The number of carbonyl (C=O) groups is 1. The number of hydrogen-bond acceptors (Lipinski definition) is 4. The molecule has 1 unspecified atom stereocenters. The van der Waals surface area contributed by atoms with Crippen molar-refractivity contribution in [2.75, 3.05) is 4.90 Å². The van der Waals surface area contributed by atoms with Crippen LogP contribution in [0.15, 0.2) is 103 Å². The minimum absolute atomic E-state index is 0.0985. The van der Waals surface area contributed by atoms with Gasteiger partial charge in [0.25, 0.3) is 0 Å². The number of Topliss-reactive ketones (excluding diaryl/α,β-unsaturated/α-hetero) is 1. The van der Waals surface area contributed by atoms with Crippen LogP contribution in [0, 0.1) is 0 Å². The van der Waals surface area contributed by atoms with Crippen LogP contribution in [-0.4, -0.2) is 10.9 Å². The second-order valence-corrected chi connectivity index (χ2v) is 11.4. The third-order valence-electron chi connectivity index (χ3n) is 7.78. The molecule has 4 heteroatoms. The van der Waals surface area contributed by atoms with Crippen LogP contribution >= 0.6 is 11.3 Å². The van der Waals surface area contributed by atoms with E-state index in [1.807, 2.05) is 48.5 Å². The molecule has 0 fully saturated rings. The Kier molecular flexibility index (Phi) is 4.81. The van der Waals surface area contributed by atoms with E-state index in [9.17, 15) is 9.90 Å². The molecule has 0 radical (unpaired) electrons. The first-order chi connectivity index (χ1) is 17.9. The van der Waals surface area contributed by atoms with E-state index in [0.717, 1.165) is 20.7 Å². The Balaban J connectivity index is 1.31. The number of aliphatic hydroxyl groups excluding tert-OH is 1. The van der Waals surface area contributed by atoms with Gasteiger partial charge in [-0.3, -0.25) is 4.79 Å². The Bertz CT molecular complexity index is 1710. The number of ketones is 1. The van der Waals surface area contributed by atoms with E-state index in [2.05, 4.69) is 73.3 Å². The Morgan fingerprint density at radius 2 is 1.41 bits per heavy atom. The standard InChI is InChI=1S/C33H25NO2S/c1-33(2)26-11-5-7-13-28(26)34(29-14-8-6-12-27(29)33)30-16-15-22(37-30)19-25-31(35)23-17-20-9-3-4-10-21(20)18-24(23)32(25)36/h3-19,31,35H,1-2H3/b25-19-. The molecule has 7 rings (SSSR count). The molecule has 0 bridgehead atoms. The number of anilines is 3. The molecule has 180 valence electrons. The van der Waals surface area contributed by atoms with Gasteiger partial charge in [0.1, 0.15) is 11.1 Å². The van der Waals surface area contributed by atoms with Gasteiger partial charge in [0.2, 0.25) is 0 Å². The molecule has 1 aliphatic heterocycles. The summed E-state index contributed by atoms with van der Waals surface area (Å²) in [6.45, 7) is 4.56. The second-order valence-electron chi connectivity index (χ2n) is 10.3. The number of fused-ring (bicyclic) bond motifs is 4. The zero-order valence-corrected chi connectivity index (χ0v) is 21.4. The minimum Gasteiger partial charge on any atom is -0.383 e. The Morgan fingerprint density at radius 3 is 2.08 bits per heavy atom. The van der Waals surface area contributed by atoms with Gasteiger partial charge in [0.15, 0.2) is 5.78 Å². The molecular weight excluding hydrogens is 474 g/mol. The molecule has 1 aliphatic carbocycles. The lowest BCUT2D eigenvalue weighted by atomic mass is 9.74. The number of hydrogen-bond donors (Lipinski definition) is 1. The highest BCUT2D eigenvalue weighted by Crippen LogP contribution is 2.53. The number of thiophene rings is 1. The van der Waals surface area contributed by atoms with Crippen molar-refractivity contribution >= 4 is 50.3 Å². The summed E-state index contributed by atoms with van der Waals surface area (Å²) in [7, 11) is 0. The molecule has 37 heavy (non-hydrogen) atoms. The van der Waals surface area contributed by atoms with E-state index in [-0.39, 0.29) is 11.2 Å². The van der Waals surface area contributed by atoms with Gasteiger partial charge in [-0.1, -0.05) is 74.5 Å². The zero-order chi connectivity index (χ0) is 25.3. The van der Waals surface area contributed by atoms with Crippen LogP contribution in [0.1, 0.15) is 51.9 Å². The summed E-state index contributed by atoms with van der Waals surface area (Å²) in [6, 6.07) is 33.1. The van der Waals surface area contributed by atoms with Crippen LogP contribution in [0.5, 0.6) is 0 Å². The Morgan fingerprint density at radius 1 is 0.811 bits per heavy atom. The fourth-order valence-electron chi connectivity index (χ4n) is 5.87. The smallest absolute Gasteiger partial charge is 0.192 e. The largest absolute Gasteiger partial charge is 0.383 e.